The quantitative estimate of drug-likeness (QED) is 0.854. The van der Waals surface area contributed by atoms with Crippen LogP contribution in [-0.4, -0.2) is 48.9 Å². The highest BCUT2D eigenvalue weighted by atomic mass is 16.7. The topological polar surface area (TPSA) is 40.2 Å². The molecule has 0 bridgehead atoms. The van der Waals surface area contributed by atoms with E-state index in [1.54, 1.807) is 7.11 Å². The molecule has 3 aliphatic rings. The number of hydroxylamine groups is 2. The summed E-state index contributed by atoms with van der Waals surface area (Å²) in [7, 11) is 1.76. The van der Waals surface area contributed by atoms with Gasteiger partial charge in [-0.2, -0.15) is 5.06 Å². The first-order valence-electron chi connectivity index (χ1n) is 7.86. The molecule has 4 rings (SSSR count). The summed E-state index contributed by atoms with van der Waals surface area (Å²) in [6.07, 6.45) is -0.270. The Hall–Kier alpha value is -0.980. The highest BCUT2D eigenvalue weighted by molar-refractivity contribution is 5.18. The van der Waals surface area contributed by atoms with E-state index in [1.165, 1.54) is 5.56 Å². The van der Waals surface area contributed by atoms with E-state index in [1.807, 2.05) is 23.3 Å². The van der Waals surface area contributed by atoms with Crippen LogP contribution in [0.3, 0.4) is 0 Å². The van der Waals surface area contributed by atoms with Crippen molar-refractivity contribution in [3.63, 3.8) is 0 Å². The van der Waals surface area contributed by atoms with Gasteiger partial charge in [0.2, 0.25) is 0 Å². The van der Waals surface area contributed by atoms with Crippen molar-refractivity contribution in [1.82, 2.24) is 5.06 Å². The molecule has 1 aromatic carbocycles. The van der Waals surface area contributed by atoms with E-state index in [2.05, 4.69) is 26.0 Å². The van der Waals surface area contributed by atoms with E-state index in [9.17, 15) is 0 Å². The molecule has 3 saturated heterocycles. The fourth-order valence-corrected chi connectivity index (χ4v) is 4.26. The molecule has 0 saturated carbocycles. The Morgan fingerprint density at radius 3 is 2.73 bits per heavy atom. The first-order chi connectivity index (χ1) is 10.6. The van der Waals surface area contributed by atoms with Crippen LogP contribution in [0.1, 0.15) is 19.4 Å². The molecule has 3 aliphatic heterocycles. The standard InChI is InChI=1S/C17H23NO4/c1-16(2)13-10-21-18(9-12-7-5-4-6-8-12)15-17(13,19-3)14(22-16)11-20-15/h4-8,13-15H,9-11H2,1-3H3/t13-,14-,15+,17+/m1/s1. The second kappa shape index (κ2) is 5.01. The second-order valence-corrected chi connectivity index (χ2v) is 6.86. The van der Waals surface area contributed by atoms with Gasteiger partial charge in [0, 0.05) is 13.0 Å². The molecule has 0 unspecified atom stereocenters. The summed E-state index contributed by atoms with van der Waals surface area (Å²) in [6.45, 7) is 6.04. The molecule has 0 spiro atoms. The van der Waals surface area contributed by atoms with Crippen LogP contribution in [-0.2, 0) is 25.6 Å². The molecule has 22 heavy (non-hydrogen) atoms. The van der Waals surface area contributed by atoms with Crippen molar-refractivity contribution in [3.8, 4) is 0 Å². The molecule has 5 nitrogen and oxygen atoms in total. The van der Waals surface area contributed by atoms with Crippen molar-refractivity contribution in [2.24, 2.45) is 5.92 Å². The van der Waals surface area contributed by atoms with Crippen molar-refractivity contribution in [2.45, 2.75) is 43.9 Å². The smallest absolute Gasteiger partial charge is 0.165 e. The van der Waals surface area contributed by atoms with E-state index < -0.39 is 5.60 Å². The maximum Gasteiger partial charge on any atom is 0.165 e. The number of rotatable bonds is 3. The maximum atomic E-state index is 6.22. The largest absolute Gasteiger partial charge is 0.371 e. The van der Waals surface area contributed by atoms with Gasteiger partial charge >= 0.3 is 0 Å². The van der Waals surface area contributed by atoms with Gasteiger partial charge in [0.25, 0.3) is 0 Å². The lowest BCUT2D eigenvalue weighted by Crippen LogP contribution is -2.64. The molecule has 120 valence electrons. The lowest BCUT2D eigenvalue weighted by molar-refractivity contribution is -0.339. The van der Waals surface area contributed by atoms with Crippen LogP contribution in [0.15, 0.2) is 30.3 Å². The number of ether oxygens (including phenoxy) is 3. The minimum atomic E-state index is -0.448. The molecule has 0 radical (unpaired) electrons. The van der Waals surface area contributed by atoms with Gasteiger partial charge in [-0.3, -0.25) is 4.84 Å². The molecule has 1 aromatic rings. The van der Waals surface area contributed by atoms with E-state index in [-0.39, 0.29) is 23.9 Å². The molecule has 3 heterocycles. The normalized spacial score (nSPS) is 39.9. The number of hydrogen-bond acceptors (Lipinski definition) is 5. The van der Waals surface area contributed by atoms with E-state index in [0.717, 1.165) is 0 Å². The average Bonchev–Trinajstić information content (AvgIpc) is 2.98. The maximum absolute atomic E-state index is 6.22. The molecule has 5 heteroatoms. The number of methoxy groups -OCH3 is 1. The Balaban J connectivity index is 1.64. The Morgan fingerprint density at radius 1 is 1.23 bits per heavy atom. The zero-order valence-electron chi connectivity index (χ0n) is 13.3. The van der Waals surface area contributed by atoms with Gasteiger partial charge in [-0.05, 0) is 19.4 Å². The van der Waals surface area contributed by atoms with Gasteiger partial charge < -0.3 is 14.2 Å². The lowest BCUT2D eigenvalue weighted by atomic mass is 9.76. The Bertz CT molecular complexity index is 549. The SMILES string of the molecule is CO[C@]12[C@@H]3OC[C@H]1OC(C)(C)[C@H]2CON3Cc1ccccc1. The molecule has 0 N–H and O–H groups in total. The highest BCUT2D eigenvalue weighted by Gasteiger charge is 2.71. The van der Waals surface area contributed by atoms with Gasteiger partial charge in [-0.1, -0.05) is 30.3 Å². The van der Waals surface area contributed by atoms with Crippen LogP contribution in [0.25, 0.3) is 0 Å². The number of nitrogens with zero attached hydrogens (tertiary/aromatic N) is 1. The first-order valence-corrected chi connectivity index (χ1v) is 7.86. The zero-order valence-corrected chi connectivity index (χ0v) is 13.3. The molecule has 0 amide bonds. The Morgan fingerprint density at radius 2 is 2.00 bits per heavy atom. The predicted molar refractivity (Wildman–Crippen MR) is 79.9 cm³/mol. The van der Waals surface area contributed by atoms with Gasteiger partial charge in [0.15, 0.2) is 6.23 Å². The van der Waals surface area contributed by atoms with E-state index in [4.69, 9.17) is 19.0 Å². The fraction of sp³-hybridized carbons (Fsp3) is 0.647. The van der Waals surface area contributed by atoms with Gasteiger partial charge in [-0.25, -0.2) is 0 Å². The number of benzene rings is 1. The van der Waals surface area contributed by atoms with Crippen molar-refractivity contribution in [3.05, 3.63) is 35.9 Å². The van der Waals surface area contributed by atoms with Crippen LogP contribution in [0.2, 0.25) is 0 Å². The van der Waals surface area contributed by atoms with E-state index in [0.29, 0.717) is 19.8 Å². The third-order valence-electron chi connectivity index (χ3n) is 5.33. The molecule has 3 fully saturated rings. The van der Waals surface area contributed by atoms with Crippen molar-refractivity contribution >= 4 is 0 Å². The monoisotopic (exact) mass is 305 g/mol. The Labute approximate surface area is 131 Å². The molecule has 4 atom stereocenters. The third kappa shape index (κ3) is 1.90. The van der Waals surface area contributed by atoms with Gasteiger partial charge in [0.1, 0.15) is 11.7 Å². The van der Waals surface area contributed by atoms with Crippen LogP contribution >= 0.6 is 0 Å². The first kappa shape index (κ1) is 14.6. The van der Waals surface area contributed by atoms with Crippen molar-refractivity contribution < 1.29 is 19.0 Å². The van der Waals surface area contributed by atoms with E-state index >= 15 is 0 Å². The number of hydrogen-bond donors (Lipinski definition) is 0. The van der Waals surface area contributed by atoms with Crippen LogP contribution in [0.5, 0.6) is 0 Å². The fourth-order valence-electron chi connectivity index (χ4n) is 4.26. The van der Waals surface area contributed by atoms with Crippen molar-refractivity contribution in [1.29, 1.82) is 0 Å². The highest BCUT2D eigenvalue weighted by Crippen LogP contribution is 2.54. The Kier molecular flexibility index (Phi) is 3.33. The summed E-state index contributed by atoms with van der Waals surface area (Å²) in [5, 5.41) is 1.92. The third-order valence-corrected chi connectivity index (χ3v) is 5.33. The predicted octanol–water partition coefficient (Wildman–Crippen LogP) is 1.97. The molecular weight excluding hydrogens is 282 g/mol. The van der Waals surface area contributed by atoms with Crippen molar-refractivity contribution in [2.75, 3.05) is 20.3 Å². The summed E-state index contributed by atoms with van der Waals surface area (Å²) in [6, 6.07) is 10.3. The second-order valence-electron chi connectivity index (χ2n) is 6.86. The minimum absolute atomic E-state index is 0.0373. The summed E-state index contributed by atoms with van der Waals surface area (Å²) < 4.78 is 18.3. The zero-order chi connectivity index (χ0) is 15.4. The summed E-state index contributed by atoms with van der Waals surface area (Å²) in [5.41, 5.74) is 0.482. The summed E-state index contributed by atoms with van der Waals surface area (Å²) >= 11 is 0. The summed E-state index contributed by atoms with van der Waals surface area (Å²) in [5.74, 6) is 0.162. The van der Waals surface area contributed by atoms with Crippen LogP contribution in [0.4, 0.5) is 0 Å². The average molecular weight is 305 g/mol. The van der Waals surface area contributed by atoms with Gasteiger partial charge in [-0.15, -0.1) is 0 Å². The van der Waals surface area contributed by atoms with Gasteiger partial charge in [0.05, 0.1) is 25.4 Å². The molecular formula is C17H23NO4. The molecule has 0 aliphatic carbocycles. The lowest BCUT2D eigenvalue weighted by Gasteiger charge is -2.47. The molecule has 0 aromatic heterocycles. The minimum Gasteiger partial charge on any atom is -0.371 e. The van der Waals surface area contributed by atoms with Crippen LogP contribution < -0.4 is 0 Å². The summed E-state index contributed by atoms with van der Waals surface area (Å²) in [4.78, 5) is 6.04. The van der Waals surface area contributed by atoms with Crippen LogP contribution in [0, 0.1) is 5.92 Å².